The molecule has 0 aliphatic carbocycles. The minimum Gasteiger partial charge on any atom is -0.480 e. The molecule has 0 amide bonds. The molecule has 0 saturated heterocycles. The van der Waals surface area contributed by atoms with Gasteiger partial charge in [0.2, 0.25) is 17.7 Å². The first-order chi connectivity index (χ1) is 8.43. The topological polar surface area (TPSA) is 48.2 Å². The third kappa shape index (κ3) is 2.13. The number of hydrogen-bond donors (Lipinski definition) is 0. The number of halogens is 4. The fraction of sp³-hybridized carbons (Fsp3) is 0.200. The summed E-state index contributed by atoms with van der Waals surface area (Å²) in [7, 11) is 0.961. The molecule has 0 aliphatic heterocycles. The molecule has 0 unspecified atom stereocenters. The number of ether oxygens (including phenoxy) is 1. The molecule has 0 spiro atoms. The maximum Gasteiger partial charge on any atom is 0.426 e. The van der Waals surface area contributed by atoms with Crippen molar-refractivity contribution >= 4 is 0 Å². The fourth-order valence-corrected chi connectivity index (χ4v) is 1.32. The SMILES string of the molecule is COc1nc(-c2ccco2)nc(F)c1C(F)(F)F. The molecular formula is C10H6F4N2O2. The highest BCUT2D eigenvalue weighted by Gasteiger charge is 2.40. The Morgan fingerprint density at radius 1 is 1.28 bits per heavy atom. The summed E-state index contributed by atoms with van der Waals surface area (Å²) in [5.41, 5.74) is -1.64. The smallest absolute Gasteiger partial charge is 0.426 e. The molecule has 0 bridgehead atoms. The highest BCUT2D eigenvalue weighted by Crippen LogP contribution is 2.37. The monoisotopic (exact) mass is 262 g/mol. The molecule has 0 aromatic carbocycles. The van der Waals surface area contributed by atoms with Crippen molar-refractivity contribution < 1.29 is 26.7 Å². The van der Waals surface area contributed by atoms with Crippen molar-refractivity contribution in [3.63, 3.8) is 0 Å². The van der Waals surface area contributed by atoms with E-state index in [1.54, 1.807) is 0 Å². The van der Waals surface area contributed by atoms with Gasteiger partial charge in [0.25, 0.3) is 0 Å². The predicted molar refractivity (Wildman–Crippen MR) is 51.2 cm³/mol. The highest BCUT2D eigenvalue weighted by molar-refractivity contribution is 5.48. The summed E-state index contributed by atoms with van der Waals surface area (Å²) in [6.45, 7) is 0. The van der Waals surface area contributed by atoms with Crippen LogP contribution < -0.4 is 4.74 Å². The van der Waals surface area contributed by atoms with Crippen LogP contribution in [0, 0.1) is 5.95 Å². The van der Waals surface area contributed by atoms with Gasteiger partial charge >= 0.3 is 6.18 Å². The van der Waals surface area contributed by atoms with Crippen LogP contribution in [0.3, 0.4) is 0 Å². The van der Waals surface area contributed by atoms with Crippen molar-refractivity contribution in [2.75, 3.05) is 7.11 Å². The lowest BCUT2D eigenvalue weighted by Crippen LogP contribution is -2.14. The summed E-state index contributed by atoms with van der Waals surface area (Å²) in [4.78, 5) is 6.59. The summed E-state index contributed by atoms with van der Waals surface area (Å²) in [6.07, 6.45) is -3.67. The highest BCUT2D eigenvalue weighted by atomic mass is 19.4. The molecule has 0 radical (unpaired) electrons. The van der Waals surface area contributed by atoms with Gasteiger partial charge in [-0.2, -0.15) is 27.5 Å². The van der Waals surface area contributed by atoms with Crippen molar-refractivity contribution in [2.45, 2.75) is 6.18 Å². The van der Waals surface area contributed by atoms with E-state index >= 15 is 0 Å². The van der Waals surface area contributed by atoms with E-state index in [4.69, 9.17) is 4.42 Å². The van der Waals surface area contributed by atoms with Crippen molar-refractivity contribution in [3.8, 4) is 17.5 Å². The van der Waals surface area contributed by atoms with Gasteiger partial charge in [-0.25, -0.2) is 0 Å². The number of hydrogen-bond acceptors (Lipinski definition) is 4. The van der Waals surface area contributed by atoms with Gasteiger partial charge in [0.15, 0.2) is 11.3 Å². The minimum atomic E-state index is -4.93. The average Bonchev–Trinajstić information content (AvgIpc) is 2.79. The van der Waals surface area contributed by atoms with Gasteiger partial charge in [-0.05, 0) is 12.1 Å². The lowest BCUT2D eigenvalue weighted by Gasteiger charge is -2.11. The van der Waals surface area contributed by atoms with E-state index in [-0.39, 0.29) is 11.6 Å². The average molecular weight is 262 g/mol. The molecular weight excluding hydrogens is 256 g/mol. The van der Waals surface area contributed by atoms with E-state index in [0.717, 1.165) is 7.11 Å². The Bertz CT molecular complexity index is 552. The quantitative estimate of drug-likeness (QED) is 0.616. The molecule has 18 heavy (non-hydrogen) atoms. The Labute approximate surface area is 98.2 Å². The second-order valence-electron chi connectivity index (χ2n) is 3.20. The van der Waals surface area contributed by atoms with Gasteiger partial charge in [-0.15, -0.1) is 0 Å². The van der Waals surface area contributed by atoms with Crippen LogP contribution in [0.25, 0.3) is 11.6 Å². The van der Waals surface area contributed by atoms with Gasteiger partial charge in [-0.3, -0.25) is 0 Å². The van der Waals surface area contributed by atoms with Crippen LogP contribution in [0.15, 0.2) is 22.8 Å². The number of nitrogens with zero attached hydrogens (tertiary/aromatic N) is 2. The summed E-state index contributed by atoms with van der Waals surface area (Å²) in [6, 6.07) is 2.86. The van der Waals surface area contributed by atoms with E-state index in [1.807, 2.05) is 0 Å². The van der Waals surface area contributed by atoms with Gasteiger partial charge < -0.3 is 9.15 Å². The first-order valence-corrected chi connectivity index (χ1v) is 4.66. The first kappa shape index (κ1) is 12.3. The van der Waals surface area contributed by atoms with Crippen LogP contribution >= 0.6 is 0 Å². The van der Waals surface area contributed by atoms with E-state index in [9.17, 15) is 17.6 Å². The first-order valence-electron chi connectivity index (χ1n) is 4.66. The number of alkyl halides is 3. The molecule has 2 aromatic rings. The van der Waals surface area contributed by atoms with Gasteiger partial charge in [-0.1, -0.05) is 0 Å². The molecule has 8 heteroatoms. The molecule has 2 aromatic heterocycles. The molecule has 2 heterocycles. The van der Waals surface area contributed by atoms with Crippen molar-refractivity contribution in [1.82, 2.24) is 9.97 Å². The lowest BCUT2D eigenvalue weighted by molar-refractivity contribution is -0.142. The molecule has 96 valence electrons. The van der Waals surface area contributed by atoms with Gasteiger partial charge in [0.1, 0.15) is 0 Å². The van der Waals surface area contributed by atoms with Gasteiger partial charge in [0.05, 0.1) is 13.4 Å². The van der Waals surface area contributed by atoms with E-state index < -0.39 is 23.6 Å². The largest absolute Gasteiger partial charge is 0.480 e. The predicted octanol–water partition coefficient (Wildman–Crippen LogP) is 2.90. The Morgan fingerprint density at radius 2 is 2.00 bits per heavy atom. The summed E-state index contributed by atoms with van der Waals surface area (Å²) >= 11 is 0. The summed E-state index contributed by atoms with van der Waals surface area (Å²) in [5.74, 6) is -2.87. The zero-order valence-electron chi connectivity index (χ0n) is 8.95. The van der Waals surface area contributed by atoms with Crippen LogP contribution in [-0.4, -0.2) is 17.1 Å². The summed E-state index contributed by atoms with van der Waals surface area (Å²) < 4.78 is 60.3. The standard InChI is InChI=1S/C10H6F4N2O2/c1-17-9-6(10(12,13)14)7(11)15-8(16-9)5-3-2-4-18-5/h2-4H,1H3. The molecule has 0 atom stereocenters. The van der Waals surface area contributed by atoms with Gasteiger partial charge in [0, 0.05) is 0 Å². The maximum absolute atomic E-state index is 13.4. The molecule has 0 aliphatic rings. The normalized spacial score (nSPS) is 11.6. The third-order valence-corrected chi connectivity index (χ3v) is 2.05. The molecule has 0 N–H and O–H groups in total. The van der Waals surface area contributed by atoms with Crippen LogP contribution in [0.1, 0.15) is 5.56 Å². The van der Waals surface area contributed by atoms with E-state index in [0.29, 0.717) is 0 Å². The fourth-order valence-electron chi connectivity index (χ4n) is 1.32. The second-order valence-corrected chi connectivity index (χ2v) is 3.20. The van der Waals surface area contributed by atoms with Crippen molar-refractivity contribution in [1.29, 1.82) is 0 Å². The number of methoxy groups -OCH3 is 1. The van der Waals surface area contributed by atoms with Crippen molar-refractivity contribution in [3.05, 3.63) is 29.9 Å². The summed E-state index contributed by atoms with van der Waals surface area (Å²) in [5, 5.41) is 0. The number of furan rings is 1. The maximum atomic E-state index is 13.4. The van der Waals surface area contributed by atoms with E-state index in [1.165, 1.54) is 18.4 Å². The second kappa shape index (κ2) is 4.28. The Kier molecular flexibility index (Phi) is 2.93. The molecule has 4 nitrogen and oxygen atoms in total. The zero-order chi connectivity index (χ0) is 13.3. The van der Waals surface area contributed by atoms with Crippen molar-refractivity contribution in [2.24, 2.45) is 0 Å². The molecule has 0 saturated carbocycles. The van der Waals surface area contributed by atoms with Crippen LogP contribution in [0.4, 0.5) is 17.6 Å². The zero-order valence-corrected chi connectivity index (χ0v) is 8.95. The number of aromatic nitrogens is 2. The lowest BCUT2D eigenvalue weighted by atomic mass is 10.3. The van der Waals surface area contributed by atoms with Crippen LogP contribution in [0.2, 0.25) is 0 Å². The van der Waals surface area contributed by atoms with E-state index in [2.05, 4.69) is 14.7 Å². The Morgan fingerprint density at radius 3 is 2.50 bits per heavy atom. The Hall–Kier alpha value is -2.12. The van der Waals surface area contributed by atoms with Crippen LogP contribution in [0.5, 0.6) is 5.88 Å². The third-order valence-electron chi connectivity index (χ3n) is 2.05. The minimum absolute atomic E-state index is 0.0425. The number of rotatable bonds is 2. The molecule has 2 rings (SSSR count). The Balaban J connectivity index is 2.61. The van der Waals surface area contributed by atoms with Crippen LogP contribution in [-0.2, 0) is 6.18 Å². The molecule has 0 fully saturated rings.